The highest BCUT2D eigenvalue weighted by Gasteiger charge is 2.37. The van der Waals surface area contributed by atoms with E-state index in [0.29, 0.717) is 14.8 Å². The zero-order valence-electron chi connectivity index (χ0n) is 13.0. The van der Waals surface area contributed by atoms with Crippen molar-refractivity contribution >= 4 is 38.0 Å². The molecule has 2 aromatic heterocycles. The van der Waals surface area contributed by atoms with Crippen LogP contribution in [0.4, 0.5) is 10.5 Å². The van der Waals surface area contributed by atoms with Crippen LogP contribution in [-0.4, -0.2) is 28.1 Å². The van der Waals surface area contributed by atoms with Gasteiger partial charge in [-0.15, -0.1) is 11.3 Å². The lowest BCUT2D eigenvalue weighted by Gasteiger charge is -2.29. The lowest BCUT2D eigenvalue weighted by Crippen LogP contribution is -2.44. The molecule has 0 saturated carbocycles. The van der Waals surface area contributed by atoms with Gasteiger partial charge in [0.2, 0.25) is 0 Å². The van der Waals surface area contributed by atoms with E-state index in [9.17, 15) is 18.0 Å². The number of amides is 2. The minimum absolute atomic E-state index is 0.0287. The molecule has 0 bridgehead atoms. The van der Waals surface area contributed by atoms with Gasteiger partial charge in [-0.2, -0.15) is 0 Å². The molecule has 1 aromatic carbocycles. The number of carbonyl (C=O) groups is 1. The zero-order chi connectivity index (χ0) is 17.8. The lowest BCUT2D eigenvalue weighted by molar-refractivity contribution is 0.233. The number of fused-ring (bicyclic) bond motifs is 2. The fraction of sp³-hybridized carbons (Fsp3) is 0.133. The highest BCUT2D eigenvalue weighted by molar-refractivity contribution is 7.90. The highest BCUT2D eigenvalue weighted by atomic mass is 32.2. The number of anilines is 1. The van der Waals surface area contributed by atoms with Gasteiger partial charge in [-0.1, -0.05) is 12.1 Å². The van der Waals surface area contributed by atoms with E-state index >= 15 is 0 Å². The first-order valence-electron chi connectivity index (χ1n) is 7.27. The van der Waals surface area contributed by atoms with Crippen LogP contribution in [0.1, 0.15) is 11.3 Å². The topological polar surface area (TPSA) is 101 Å². The quantitative estimate of drug-likeness (QED) is 0.735. The number of nitrogens with one attached hydrogen (secondary N) is 1. The molecule has 2 amide bonds. The Bertz CT molecular complexity index is 1180. The molecule has 0 unspecified atom stereocenters. The van der Waals surface area contributed by atoms with Crippen LogP contribution in [-0.2, 0) is 16.6 Å². The Kier molecular flexibility index (Phi) is 3.41. The number of hydrogen-bond acceptors (Lipinski definition) is 6. The van der Waals surface area contributed by atoms with E-state index in [1.54, 1.807) is 30.6 Å². The molecule has 25 heavy (non-hydrogen) atoms. The van der Waals surface area contributed by atoms with Crippen LogP contribution in [0.25, 0.3) is 4.96 Å². The molecule has 4 rings (SSSR count). The number of hydrogen-bond donors (Lipinski definition) is 1. The predicted octanol–water partition coefficient (Wildman–Crippen LogP) is 1.80. The fourth-order valence-electron chi connectivity index (χ4n) is 2.69. The maximum Gasteiger partial charge on any atom is 0.336 e. The summed E-state index contributed by atoms with van der Waals surface area (Å²) in [6, 6.07) is 5.24. The van der Waals surface area contributed by atoms with Crippen LogP contribution in [0.5, 0.6) is 0 Å². The third-order valence-corrected chi connectivity index (χ3v) is 6.45. The average Bonchev–Trinajstić information content (AvgIpc) is 3.02. The van der Waals surface area contributed by atoms with Crippen LogP contribution in [0, 0.1) is 6.92 Å². The highest BCUT2D eigenvalue weighted by Crippen LogP contribution is 2.33. The van der Waals surface area contributed by atoms with E-state index in [-0.39, 0.29) is 28.4 Å². The van der Waals surface area contributed by atoms with Crippen molar-refractivity contribution < 1.29 is 13.2 Å². The van der Waals surface area contributed by atoms with Gasteiger partial charge in [0.1, 0.15) is 4.90 Å². The number of aromatic nitrogens is 2. The van der Waals surface area contributed by atoms with Gasteiger partial charge in [0.25, 0.3) is 15.6 Å². The molecule has 0 spiro atoms. The van der Waals surface area contributed by atoms with E-state index in [0.717, 1.165) is 0 Å². The van der Waals surface area contributed by atoms with Gasteiger partial charge in [0.05, 0.1) is 17.9 Å². The number of carbonyl (C=O) groups excluding carboxylic acids is 1. The summed E-state index contributed by atoms with van der Waals surface area (Å²) in [6.07, 6.45) is 1.59. The maximum atomic E-state index is 12.8. The Hall–Kier alpha value is -2.72. The zero-order valence-corrected chi connectivity index (χ0v) is 14.6. The Labute approximate surface area is 146 Å². The molecule has 3 aromatic rings. The minimum atomic E-state index is -4.03. The third kappa shape index (κ3) is 2.41. The molecular weight excluding hydrogens is 364 g/mol. The minimum Gasteiger partial charge on any atom is -0.305 e. The molecule has 0 aliphatic carbocycles. The summed E-state index contributed by atoms with van der Waals surface area (Å²) >= 11 is 1.25. The van der Waals surface area contributed by atoms with Crippen molar-refractivity contribution in [3.05, 3.63) is 57.5 Å². The SMILES string of the molecule is Cc1cccc2c1NC(=O)N(Cc1cc(=O)n3ccsc3n1)S2(=O)=O. The van der Waals surface area contributed by atoms with Crippen LogP contribution < -0.4 is 10.9 Å². The molecule has 1 aliphatic rings. The van der Waals surface area contributed by atoms with Gasteiger partial charge in [0, 0.05) is 17.6 Å². The number of thiazole rings is 1. The number of nitrogens with zero attached hydrogens (tertiary/aromatic N) is 3. The molecule has 8 nitrogen and oxygen atoms in total. The van der Waals surface area contributed by atoms with Gasteiger partial charge in [-0.3, -0.25) is 9.20 Å². The summed E-state index contributed by atoms with van der Waals surface area (Å²) in [4.78, 5) is 29.1. The Balaban J connectivity index is 1.79. The number of aryl methyl sites for hydroxylation is 1. The number of urea groups is 1. The summed E-state index contributed by atoms with van der Waals surface area (Å²) < 4.78 is 27.7. The summed E-state index contributed by atoms with van der Waals surface area (Å²) in [6.45, 7) is 1.41. The molecule has 10 heteroatoms. The van der Waals surface area contributed by atoms with Crippen molar-refractivity contribution in [1.82, 2.24) is 13.7 Å². The van der Waals surface area contributed by atoms with Crippen LogP contribution in [0.2, 0.25) is 0 Å². The van der Waals surface area contributed by atoms with Crippen molar-refractivity contribution in [2.24, 2.45) is 0 Å². The van der Waals surface area contributed by atoms with Crippen molar-refractivity contribution in [3.63, 3.8) is 0 Å². The molecule has 0 fully saturated rings. The first kappa shape index (κ1) is 15.8. The monoisotopic (exact) mass is 376 g/mol. The van der Waals surface area contributed by atoms with E-state index < -0.39 is 16.1 Å². The smallest absolute Gasteiger partial charge is 0.305 e. The van der Waals surface area contributed by atoms with Gasteiger partial charge >= 0.3 is 6.03 Å². The van der Waals surface area contributed by atoms with Crippen LogP contribution >= 0.6 is 11.3 Å². The Morgan fingerprint density at radius 2 is 2.08 bits per heavy atom. The number of para-hydroxylation sites is 1. The molecule has 0 atom stereocenters. The second kappa shape index (κ2) is 5.39. The summed E-state index contributed by atoms with van der Waals surface area (Å²) in [5.74, 6) is 0. The molecule has 1 aliphatic heterocycles. The maximum absolute atomic E-state index is 12.8. The van der Waals surface area contributed by atoms with Crippen molar-refractivity contribution in [2.45, 2.75) is 18.4 Å². The average molecular weight is 376 g/mol. The van der Waals surface area contributed by atoms with E-state index in [4.69, 9.17) is 0 Å². The van der Waals surface area contributed by atoms with Gasteiger partial charge in [0.15, 0.2) is 4.96 Å². The molecule has 128 valence electrons. The van der Waals surface area contributed by atoms with Crippen molar-refractivity contribution in [3.8, 4) is 0 Å². The molecule has 0 radical (unpaired) electrons. The largest absolute Gasteiger partial charge is 0.336 e. The number of sulfonamides is 1. The fourth-order valence-corrected chi connectivity index (χ4v) is 4.95. The molecule has 0 saturated heterocycles. The second-order valence-corrected chi connectivity index (χ2v) is 8.23. The predicted molar refractivity (Wildman–Crippen MR) is 92.3 cm³/mol. The normalized spacial score (nSPS) is 15.9. The number of benzene rings is 1. The Morgan fingerprint density at radius 1 is 1.28 bits per heavy atom. The van der Waals surface area contributed by atoms with Gasteiger partial charge in [-0.05, 0) is 18.6 Å². The second-order valence-electron chi connectivity index (χ2n) is 5.53. The van der Waals surface area contributed by atoms with E-state index in [1.807, 2.05) is 0 Å². The first-order valence-corrected chi connectivity index (χ1v) is 9.59. The first-order chi connectivity index (χ1) is 11.9. The van der Waals surface area contributed by atoms with Gasteiger partial charge < -0.3 is 5.32 Å². The van der Waals surface area contributed by atoms with E-state index in [2.05, 4.69) is 10.3 Å². The van der Waals surface area contributed by atoms with Gasteiger partial charge in [-0.25, -0.2) is 22.5 Å². The molecule has 3 heterocycles. The Morgan fingerprint density at radius 3 is 2.88 bits per heavy atom. The standard InChI is InChI=1S/C15H12N4O4S2/c1-9-3-2-4-11-13(9)17-14(21)19(25(11,22)23)8-10-7-12(20)18-5-6-24-15(18)16-10/h2-7H,8H2,1H3,(H,17,21). The summed E-state index contributed by atoms with van der Waals surface area (Å²) in [5, 5.41) is 4.31. The van der Waals surface area contributed by atoms with E-state index in [1.165, 1.54) is 27.9 Å². The summed E-state index contributed by atoms with van der Waals surface area (Å²) in [5.41, 5.74) is 0.825. The number of rotatable bonds is 2. The van der Waals surface area contributed by atoms with Crippen molar-refractivity contribution in [2.75, 3.05) is 5.32 Å². The molecule has 1 N–H and O–H groups in total. The third-order valence-electron chi connectivity index (χ3n) is 3.92. The van der Waals surface area contributed by atoms with Crippen LogP contribution in [0.15, 0.2) is 45.5 Å². The molecular formula is C15H12N4O4S2. The van der Waals surface area contributed by atoms with Crippen molar-refractivity contribution in [1.29, 1.82) is 0 Å². The van der Waals surface area contributed by atoms with Crippen LogP contribution in [0.3, 0.4) is 0 Å². The lowest BCUT2D eigenvalue weighted by atomic mass is 10.2. The summed E-state index contributed by atoms with van der Waals surface area (Å²) in [7, 11) is -4.03.